The molecule has 1 atom stereocenters. The molecule has 1 fully saturated rings. The molecule has 0 aliphatic carbocycles. The maximum absolute atomic E-state index is 12.6. The molecule has 1 aliphatic rings. The van der Waals surface area contributed by atoms with Crippen molar-refractivity contribution >= 4 is 5.91 Å². The Morgan fingerprint density at radius 3 is 3.00 bits per heavy atom. The highest BCUT2D eigenvalue weighted by Crippen LogP contribution is 2.30. The van der Waals surface area contributed by atoms with E-state index in [4.69, 9.17) is 0 Å². The Morgan fingerprint density at radius 2 is 2.25 bits per heavy atom. The monoisotopic (exact) mass is 328 g/mol. The summed E-state index contributed by atoms with van der Waals surface area (Å²) in [7, 11) is 4.03. The maximum atomic E-state index is 12.6. The van der Waals surface area contributed by atoms with E-state index in [1.165, 1.54) is 0 Å². The first-order chi connectivity index (χ1) is 11.6. The first kappa shape index (κ1) is 16.6. The Bertz CT molecular complexity index is 669. The van der Waals surface area contributed by atoms with Crippen LogP contribution in [0.4, 0.5) is 0 Å². The number of rotatable bonds is 6. The Hall–Kier alpha value is -2.28. The van der Waals surface area contributed by atoms with Gasteiger partial charge >= 0.3 is 0 Å². The van der Waals surface area contributed by atoms with Crippen LogP contribution in [-0.4, -0.2) is 55.9 Å². The minimum atomic E-state index is 0.00222. The van der Waals surface area contributed by atoms with Crippen LogP contribution in [0.1, 0.15) is 36.8 Å². The van der Waals surface area contributed by atoms with Crippen LogP contribution < -0.4 is 0 Å². The molecular weight excluding hydrogens is 304 g/mol. The second-order valence-corrected chi connectivity index (χ2v) is 6.44. The van der Waals surface area contributed by atoms with Crippen LogP contribution in [0.3, 0.4) is 0 Å². The molecule has 0 radical (unpaired) electrons. The molecule has 7 heteroatoms. The summed E-state index contributed by atoms with van der Waals surface area (Å²) < 4.78 is 1.93. The average molecular weight is 328 g/mol. The van der Waals surface area contributed by atoms with Gasteiger partial charge in [0, 0.05) is 44.6 Å². The van der Waals surface area contributed by atoms with Crippen LogP contribution in [0, 0.1) is 0 Å². The number of likely N-dealkylation sites (tertiary alicyclic amines) is 1. The van der Waals surface area contributed by atoms with E-state index in [9.17, 15) is 4.79 Å². The standard InChI is InChI=1S/C17H24N6O/c1-21(2)12-14-5-7-19-17(20-14)15-4-3-9-23(15)16(24)6-10-22-11-8-18-13-22/h5,7-8,11,13,15H,3-4,6,9-10,12H2,1-2H3/t15-/m0/s1. The molecule has 2 aromatic rings. The summed E-state index contributed by atoms with van der Waals surface area (Å²) in [6.07, 6.45) is 9.56. The van der Waals surface area contributed by atoms with Crippen molar-refractivity contribution in [3.05, 3.63) is 42.5 Å². The lowest BCUT2D eigenvalue weighted by atomic mass is 10.2. The predicted molar refractivity (Wildman–Crippen MR) is 90.0 cm³/mol. The lowest BCUT2D eigenvalue weighted by Gasteiger charge is -2.24. The highest BCUT2D eigenvalue weighted by atomic mass is 16.2. The van der Waals surface area contributed by atoms with Gasteiger partial charge in [0.1, 0.15) is 0 Å². The van der Waals surface area contributed by atoms with Crippen LogP contribution in [-0.2, 0) is 17.9 Å². The number of carbonyl (C=O) groups is 1. The van der Waals surface area contributed by atoms with E-state index in [1.807, 2.05) is 35.8 Å². The third kappa shape index (κ3) is 3.97. The smallest absolute Gasteiger partial charge is 0.224 e. The molecule has 0 unspecified atom stereocenters. The van der Waals surface area contributed by atoms with Crippen LogP contribution in [0.25, 0.3) is 0 Å². The van der Waals surface area contributed by atoms with E-state index in [-0.39, 0.29) is 11.9 Å². The van der Waals surface area contributed by atoms with Crippen molar-refractivity contribution in [3.8, 4) is 0 Å². The number of carbonyl (C=O) groups excluding carboxylic acids is 1. The molecular formula is C17H24N6O. The van der Waals surface area contributed by atoms with Gasteiger partial charge in [-0.2, -0.15) is 0 Å². The number of aryl methyl sites for hydroxylation is 1. The molecule has 1 aliphatic heterocycles. The molecule has 0 aromatic carbocycles. The van der Waals surface area contributed by atoms with E-state index in [0.717, 1.165) is 37.4 Å². The van der Waals surface area contributed by atoms with Crippen LogP contribution in [0.5, 0.6) is 0 Å². The summed E-state index contributed by atoms with van der Waals surface area (Å²) in [5, 5.41) is 0. The molecule has 3 heterocycles. The molecule has 1 amide bonds. The van der Waals surface area contributed by atoms with Crippen molar-refractivity contribution in [2.75, 3.05) is 20.6 Å². The molecule has 2 aromatic heterocycles. The van der Waals surface area contributed by atoms with E-state index in [0.29, 0.717) is 13.0 Å². The largest absolute Gasteiger partial charge is 0.337 e. The number of imidazole rings is 1. The number of aromatic nitrogens is 4. The second kappa shape index (κ2) is 7.53. The van der Waals surface area contributed by atoms with E-state index in [2.05, 4.69) is 19.9 Å². The fraction of sp³-hybridized carbons (Fsp3) is 0.529. The molecule has 0 bridgehead atoms. The molecule has 3 rings (SSSR count). The zero-order chi connectivity index (χ0) is 16.9. The topological polar surface area (TPSA) is 67.2 Å². The third-order valence-electron chi connectivity index (χ3n) is 4.22. The van der Waals surface area contributed by atoms with Gasteiger partial charge in [-0.3, -0.25) is 4.79 Å². The fourth-order valence-electron chi connectivity index (χ4n) is 3.11. The Labute approximate surface area is 142 Å². The van der Waals surface area contributed by atoms with Crippen molar-refractivity contribution < 1.29 is 4.79 Å². The summed E-state index contributed by atoms with van der Waals surface area (Å²) in [4.78, 5) is 29.7. The van der Waals surface area contributed by atoms with Gasteiger partial charge in [-0.15, -0.1) is 0 Å². The first-order valence-electron chi connectivity index (χ1n) is 8.35. The van der Waals surface area contributed by atoms with E-state index < -0.39 is 0 Å². The number of nitrogens with zero attached hydrogens (tertiary/aromatic N) is 6. The Kier molecular flexibility index (Phi) is 5.20. The summed E-state index contributed by atoms with van der Waals surface area (Å²) in [5.41, 5.74) is 0.989. The maximum Gasteiger partial charge on any atom is 0.224 e. The Balaban J connectivity index is 1.67. The van der Waals surface area contributed by atoms with Gasteiger partial charge in [0.25, 0.3) is 0 Å². The fourth-order valence-corrected chi connectivity index (χ4v) is 3.11. The second-order valence-electron chi connectivity index (χ2n) is 6.44. The molecule has 128 valence electrons. The van der Waals surface area contributed by atoms with Gasteiger partial charge < -0.3 is 14.4 Å². The van der Waals surface area contributed by atoms with Gasteiger partial charge in [-0.1, -0.05) is 0 Å². The van der Waals surface area contributed by atoms with Crippen LogP contribution in [0.15, 0.2) is 31.0 Å². The predicted octanol–water partition coefficient (Wildman–Crippen LogP) is 1.49. The third-order valence-corrected chi connectivity index (χ3v) is 4.22. The summed E-state index contributed by atoms with van der Waals surface area (Å²) in [5.74, 6) is 0.927. The summed E-state index contributed by atoms with van der Waals surface area (Å²) in [6, 6.07) is 1.94. The lowest BCUT2D eigenvalue weighted by Crippen LogP contribution is -2.32. The molecule has 0 spiro atoms. The molecule has 24 heavy (non-hydrogen) atoms. The van der Waals surface area contributed by atoms with Crippen LogP contribution >= 0.6 is 0 Å². The Morgan fingerprint density at radius 1 is 1.38 bits per heavy atom. The molecule has 1 saturated heterocycles. The van der Waals surface area contributed by atoms with E-state index >= 15 is 0 Å². The average Bonchev–Trinajstić information content (AvgIpc) is 3.23. The van der Waals surface area contributed by atoms with Crippen molar-refractivity contribution in [1.29, 1.82) is 0 Å². The molecule has 7 nitrogen and oxygen atoms in total. The minimum Gasteiger partial charge on any atom is -0.337 e. The normalized spacial score (nSPS) is 17.6. The van der Waals surface area contributed by atoms with Gasteiger partial charge in [0.05, 0.1) is 18.1 Å². The lowest BCUT2D eigenvalue weighted by molar-refractivity contribution is -0.132. The number of amides is 1. The van der Waals surface area contributed by atoms with Crippen molar-refractivity contribution in [1.82, 2.24) is 29.3 Å². The molecule has 0 N–H and O–H groups in total. The summed E-state index contributed by atoms with van der Waals surface area (Å²) in [6.45, 7) is 2.22. The zero-order valence-electron chi connectivity index (χ0n) is 14.3. The van der Waals surface area contributed by atoms with Crippen molar-refractivity contribution in [2.45, 2.75) is 38.4 Å². The summed E-state index contributed by atoms with van der Waals surface area (Å²) >= 11 is 0. The quantitative estimate of drug-likeness (QED) is 0.804. The van der Waals surface area contributed by atoms with Gasteiger partial charge in [-0.25, -0.2) is 15.0 Å². The highest BCUT2D eigenvalue weighted by Gasteiger charge is 2.31. The van der Waals surface area contributed by atoms with Crippen molar-refractivity contribution in [2.24, 2.45) is 0 Å². The van der Waals surface area contributed by atoms with Gasteiger partial charge in [0.15, 0.2) is 5.82 Å². The SMILES string of the molecule is CN(C)Cc1ccnc([C@@H]2CCCN2C(=O)CCn2ccnc2)n1. The van der Waals surface area contributed by atoms with Crippen LogP contribution in [0.2, 0.25) is 0 Å². The molecule has 0 saturated carbocycles. The van der Waals surface area contributed by atoms with Gasteiger partial charge in [0.2, 0.25) is 5.91 Å². The number of hydrogen-bond donors (Lipinski definition) is 0. The van der Waals surface area contributed by atoms with E-state index in [1.54, 1.807) is 18.7 Å². The van der Waals surface area contributed by atoms with Crippen molar-refractivity contribution in [3.63, 3.8) is 0 Å². The number of hydrogen-bond acceptors (Lipinski definition) is 5. The zero-order valence-corrected chi connectivity index (χ0v) is 14.3. The highest BCUT2D eigenvalue weighted by molar-refractivity contribution is 5.76. The van der Waals surface area contributed by atoms with Gasteiger partial charge in [-0.05, 0) is 33.0 Å². The first-order valence-corrected chi connectivity index (χ1v) is 8.35. The minimum absolute atomic E-state index is 0.00222.